The number of hydrogen-bond donors (Lipinski definition) is 3. The van der Waals surface area contributed by atoms with Crippen LogP contribution in [0, 0.1) is 5.92 Å². The summed E-state index contributed by atoms with van der Waals surface area (Å²) in [6.07, 6.45) is 1.11. The Kier molecular flexibility index (Phi) is 5.60. The molecular weight excluding hydrogens is 410 g/mol. The number of para-hydroxylation sites is 2. The molecule has 158 valence electrons. The molecule has 4 rings (SSSR count). The van der Waals surface area contributed by atoms with E-state index in [9.17, 15) is 18.0 Å². The van der Waals surface area contributed by atoms with Crippen molar-refractivity contribution in [2.75, 3.05) is 13.2 Å². The van der Waals surface area contributed by atoms with Crippen molar-refractivity contribution in [3.8, 4) is 11.5 Å². The van der Waals surface area contributed by atoms with Crippen molar-refractivity contribution in [1.29, 1.82) is 0 Å². The molecule has 1 heterocycles. The van der Waals surface area contributed by atoms with Crippen molar-refractivity contribution in [2.45, 2.75) is 23.8 Å². The number of carbonyl (C=O) groups is 2. The van der Waals surface area contributed by atoms with Gasteiger partial charge in [0.1, 0.15) is 6.61 Å². The van der Waals surface area contributed by atoms with Crippen LogP contribution in [0.2, 0.25) is 0 Å². The van der Waals surface area contributed by atoms with Crippen LogP contribution >= 0.6 is 0 Å². The summed E-state index contributed by atoms with van der Waals surface area (Å²) in [6, 6.07) is 12.5. The van der Waals surface area contributed by atoms with E-state index in [0.29, 0.717) is 24.0 Å². The predicted octanol–water partition coefficient (Wildman–Crippen LogP) is 0.976. The summed E-state index contributed by atoms with van der Waals surface area (Å²) in [5, 5.41) is 0. The van der Waals surface area contributed by atoms with Gasteiger partial charge in [0.15, 0.2) is 11.5 Å². The molecule has 1 aliphatic heterocycles. The molecule has 1 atom stereocenters. The summed E-state index contributed by atoms with van der Waals surface area (Å²) in [5.74, 6) is 0.123. The van der Waals surface area contributed by atoms with Crippen LogP contribution in [0.5, 0.6) is 11.5 Å². The van der Waals surface area contributed by atoms with Crippen molar-refractivity contribution >= 4 is 21.8 Å². The monoisotopic (exact) mass is 431 g/mol. The molecular formula is C20H21N3O6S. The van der Waals surface area contributed by atoms with Gasteiger partial charge in [-0.15, -0.1) is 0 Å². The average Bonchev–Trinajstić information content (AvgIpc) is 3.60. The Balaban J connectivity index is 1.34. The van der Waals surface area contributed by atoms with E-state index in [1.165, 1.54) is 24.3 Å². The van der Waals surface area contributed by atoms with Crippen LogP contribution in [0.25, 0.3) is 0 Å². The largest absolute Gasteiger partial charge is 0.485 e. The highest BCUT2D eigenvalue weighted by Gasteiger charge is 2.28. The van der Waals surface area contributed by atoms with Crippen LogP contribution in [0.3, 0.4) is 0 Å². The van der Waals surface area contributed by atoms with E-state index in [2.05, 4.69) is 15.6 Å². The maximum atomic E-state index is 12.4. The lowest BCUT2D eigenvalue weighted by atomic mass is 10.2. The molecule has 1 unspecified atom stereocenters. The molecule has 30 heavy (non-hydrogen) atoms. The third-order valence-electron chi connectivity index (χ3n) is 4.77. The quantitative estimate of drug-likeness (QED) is 0.586. The number of hydrazine groups is 1. The predicted molar refractivity (Wildman–Crippen MR) is 106 cm³/mol. The number of sulfonamides is 1. The number of rotatable bonds is 6. The van der Waals surface area contributed by atoms with Gasteiger partial charge in [-0.1, -0.05) is 18.2 Å². The van der Waals surface area contributed by atoms with Crippen molar-refractivity contribution in [2.24, 2.45) is 5.92 Å². The Hall–Kier alpha value is -3.11. The Morgan fingerprint density at radius 2 is 1.77 bits per heavy atom. The van der Waals surface area contributed by atoms with Crippen LogP contribution in [-0.2, 0) is 14.8 Å². The fourth-order valence-electron chi connectivity index (χ4n) is 2.86. The Bertz CT molecular complexity index is 1070. The van der Waals surface area contributed by atoms with Gasteiger partial charge in [0.2, 0.25) is 16.1 Å². The topological polar surface area (TPSA) is 123 Å². The molecule has 9 nitrogen and oxygen atoms in total. The van der Waals surface area contributed by atoms with Gasteiger partial charge in [0.25, 0.3) is 11.8 Å². The zero-order valence-electron chi connectivity index (χ0n) is 16.0. The Labute approximate surface area is 173 Å². The highest BCUT2D eigenvalue weighted by molar-refractivity contribution is 7.89. The number of ether oxygens (including phenoxy) is 2. The van der Waals surface area contributed by atoms with Crippen LogP contribution in [0.15, 0.2) is 53.4 Å². The summed E-state index contributed by atoms with van der Waals surface area (Å²) >= 11 is 0. The number of fused-ring (bicyclic) bond motifs is 1. The van der Waals surface area contributed by atoms with Gasteiger partial charge in [0, 0.05) is 12.1 Å². The van der Waals surface area contributed by atoms with Gasteiger partial charge in [-0.25, -0.2) is 13.1 Å². The SMILES string of the molecule is O=C(NNC(=O)C1COc2ccccc2O1)c1cccc(S(=O)(=O)NCC2CC2)c1. The summed E-state index contributed by atoms with van der Waals surface area (Å²) in [4.78, 5) is 24.6. The van der Waals surface area contributed by atoms with Crippen LogP contribution in [0.4, 0.5) is 0 Å². The molecule has 1 fully saturated rings. The summed E-state index contributed by atoms with van der Waals surface area (Å²) in [6.45, 7) is 0.389. The molecule has 1 saturated carbocycles. The maximum absolute atomic E-state index is 12.4. The highest BCUT2D eigenvalue weighted by Crippen LogP contribution is 2.31. The van der Waals surface area contributed by atoms with Gasteiger partial charge in [-0.3, -0.25) is 20.4 Å². The first-order chi connectivity index (χ1) is 14.4. The number of hydrogen-bond acceptors (Lipinski definition) is 6. The lowest BCUT2D eigenvalue weighted by Gasteiger charge is -2.25. The van der Waals surface area contributed by atoms with Crippen molar-refractivity contribution in [3.63, 3.8) is 0 Å². The van der Waals surface area contributed by atoms with E-state index < -0.39 is 27.9 Å². The van der Waals surface area contributed by atoms with Gasteiger partial charge in [0.05, 0.1) is 4.90 Å². The first-order valence-corrected chi connectivity index (χ1v) is 11.0. The average molecular weight is 431 g/mol. The minimum absolute atomic E-state index is 0.000884. The Morgan fingerprint density at radius 3 is 2.53 bits per heavy atom. The van der Waals surface area contributed by atoms with Crippen molar-refractivity contribution < 1.29 is 27.5 Å². The molecule has 2 aliphatic rings. The standard InChI is InChI=1S/C20H21N3O6S/c24-19(14-4-3-5-15(10-14)30(26,27)21-11-13-8-9-13)22-23-20(25)18-12-28-16-6-1-2-7-17(16)29-18/h1-7,10,13,18,21H,8-9,11-12H2,(H,22,24)(H,23,25). The first-order valence-electron chi connectivity index (χ1n) is 9.51. The smallest absolute Gasteiger partial charge is 0.283 e. The lowest BCUT2D eigenvalue weighted by Crippen LogP contribution is -2.50. The third-order valence-corrected chi connectivity index (χ3v) is 6.19. The van der Waals surface area contributed by atoms with Gasteiger partial charge >= 0.3 is 0 Å². The minimum atomic E-state index is -3.70. The molecule has 10 heteroatoms. The molecule has 0 aromatic heterocycles. The number of nitrogens with one attached hydrogen (secondary N) is 3. The lowest BCUT2D eigenvalue weighted by molar-refractivity contribution is -0.131. The molecule has 0 saturated heterocycles. The highest BCUT2D eigenvalue weighted by atomic mass is 32.2. The summed E-state index contributed by atoms with van der Waals surface area (Å²) < 4.78 is 38.3. The minimum Gasteiger partial charge on any atom is -0.485 e. The second-order valence-corrected chi connectivity index (χ2v) is 8.90. The van der Waals surface area contributed by atoms with E-state index >= 15 is 0 Å². The third kappa shape index (κ3) is 4.71. The van der Waals surface area contributed by atoms with Crippen LogP contribution in [0.1, 0.15) is 23.2 Å². The van der Waals surface area contributed by atoms with Crippen molar-refractivity contribution in [3.05, 3.63) is 54.1 Å². The fourth-order valence-corrected chi connectivity index (χ4v) is 4.02. The van der Waals surface area contributed by atoms with E-state index in [-0.39, 0.29) is 17.1 Å². The maximum Gasteiger partial charge on any atom is 0.283 e. The van der Waals surface area contributed by atoms with E-state index in [4.69, 9.17) is 9.47 Å². The number of carbonyl (C=O) groups excluding carboxylic acids is 2. The molecule has 2 aromatic rings. The zero-order chi connectivity index (χ0) is 21.1. The Morgan fingerprint density at radius 1 is 1.00 bits per heavy atom. The van der Waals surface area contributed by atoms with E-state index in [1.807, 2.05) is 0 Å². The van der Waals surface area contributed by atoms with Crippen LogP contribution in [-0.4, -0.2) is 39.5 Å². The number of benzene rings is 2. The van der Waals surface area contributed by atoms with Crippen molar-refractivity contribution in [1.82, 2.24) is 15.6 Å². The second kappa shape index (κ2) is 8.33. The van der Waals surface area contributed by atoms with Gasteiger partial charge in [-0.2, -0.15) is 0 Å². The molecule has 2 amide bonds. The second-order valence-electron chi connectivity index (χ2n) is 7.13. The fraction of sp³-hybridized carbons (Fsp3) is 0.300. The molecule has 0 bridgehead atoms. The van der Waals surface area contributed by atoms with Gasteiger partial charge in [-0.05, 0) is 49.1 Å². The van der Waals surface area contributed by atoms with Gasteiger partial charge < -0.3 is 9.47 Å². The normalized spacial score (nSPS) is 17.8. The molecule has 3 N–H and O–H groups in total. The van der Waals surface area contributed by atoms with Crippen LogP contribution < -0.4 is 25.0 Å². The molecule has 2 aromatic carbocycles. The zero-order valence-corrected chi connectivity index (χ0v) is 16.8. The van der Waals surface area contributed by atoms with E-state index in [0.717, 1.165) is 12.8 Å². The first kappa shape index (κ1) is 20.2. The number of amides is 2. The molecule has 0 spiro atoms. The molecule has 1 aliphatic carbocycles. The summed E-state index contributed by atoms with van der Waals surface area (Å²) in [5.41, 5.74) is 4.64. The summed E-state index contributed by atoms with van der Waals surface area (Å²) in [7, 11) is -3.70. The molecule has 0 radical (unpaired) electrons. The van der Waals surface area contributed by atoms with E-state index in [1.54, 1.807) is 24.3 Å².